The lowest BCUT2D eigenvalue weighted by Gasteiger charge is -2.20. The van der Waals surface area contributed by atoms with Gasteiger partial charge in [0.2, 0.25) is 5.91 Å². The number of carboxylic acid groups (broad SMARTS) is 1. The van der Waals surface area contributed by atoms with Crippen molar-refractivity contribution in [3.05, 3.63) is 28.9 Å². The normalized spacial score (nSPS) is 13.2. The van der Waals surface area contributed by atoms with Crippen molar-refractivity contribution in [2.45, 2.75) is 31.8 Å². The SMILES string of the molecule is CC[C@H](C(=O)NC(CC(=O)O)C(=O)CF)n1cnccc1=O. The van der Waals surface area contributed by atoms with E-state index in [-0.39, 0.29) is 6.42 Å². The quantitative estimate of drug-likeness (QED) is 0.680. The minimum atomic E-state index is -1.48. The second kappa shape index (κ2) is 8.01. The molecule has 0 saturated heterocycles. The fourth-order valence-corrected chi connectivity index (χ4v) is 1.88. The summed E-state index contributed by atoms with van der Waals surface area (Å²) in [5, 5.41) is 10.9. The maximum Gasteiger partial charge on any atom is 0.305 e. The predicted molar refractivity (Wildman–Crippen MR) is 73.0 cm³/mol. The van der Waals surface area contributed by atoms with E-state index in [9.17, 15) is 23.6 Å². The van der Waals surface area contributed by atoms with E-state index in [1.54, 1.807) is 6.92 Å². The lowest BCUT2D eigenvalue weighted by atomic mass is 10.1. The Morgan fingerprint density at radius 1 is 1.45 bits per heavy atom. The molecule has 1 heterocycles. The molecule has 0 fully saturated rings. The first-order chi connectivity index (χ1) is 10.4. The number of nitrogens with zero attached hydrogens (tertiary/aromatic N) is 2. The van der Waals surface area contributed by atoms with Crippen molar-refractivity contribution in [1.29, 1.82) is 0 Å². The number of carbonyl (C=O) groups excluding carboxylic acids is 2. The summed E-state index contributed by atoms with van der Waals surface area (Å²) in [5.41, 5.74) is -0.469. The number of carboxylic acids is 1. The molecule has 9 heteroatoms. The summed E-state index contributed by atoms with van der Waals surface area (Å²) < 4.78 is 13.5. The van der Waals surface area contributed by atoms with Gasteiger partial charge in [0.15, 0.2) is 5.78 Å². The van der Waals surface area contributed by atoms with Gasteiger partial charge >= 0.3 is 5.97 Å². The fourth-order valence-electron chi connectivity index (χ4n) is 1.88. The molecule has 0 aliphatic heterocycles. The highest BCUT2D eigenvalue weighted by molar-refractivity contribution is 5.93. The van der Waals surface area contributed by atoms with Crippen molar-refractivity contribution in [1.82, 2.24) is 14.9 Å². The summed E-state index contributed by atoms with van der Waals surface area (Å²) in [6, 6.07) is -1.28. The minimum absolute atomic E-state index is 0.209. The minimum Gasteiger partial charge on any atom is -0.481 e. The highest BCUT2D eigenvalue weighted by atomic mass is 19.1. The molecule has 120 valence electrons. The molecule has 8 nitrogen and oxygen atoms in total. The summed E-state index contributed by atoms with van der Waals surface area (Å²) in [7, 11) is 0. The lowest BCUT2D eigenvalue weighted by molar-refractivity contribution is -0.140. The molecule has 0 aliphatic rings. The number of aromatic nitrogens is 2. The van der Waals surface area contributed by atoms with Crippen LogP contribution in [0.4, 0.5) is 4.39 Å². The molecule has 1 aromatic heterocycles. The van der Waals surface area contributed by atoms with Crippen LogP contribution >= 0.6 is 0 Å². The van der Waals surface area contributed by atoms with Crippen LogP contribution in [-0.2, 0) is 14.4 Å². The zero-order valence-electron chi connectivity index (χ0n) is 11.9. The smallest absolute Gasteiger partial charge is 0.305 e. The fraction of sp³-hybridized carbons (Fsp3) is 0.462. The Bertz CT molecular complexity index is 616. The second-order valence-electron chi connectivity index (χ2n) is 4.51. The highest BCUT2D eigenvalue weighted by Crippen LogP contribution is 2.09. The van der Waals surface area contributed by atoms with Gasteiger partial charge in [-0.05, 0) is 6.42 Å². The van der Waals surface area contributed by atoms with Gasteiger partial charge in [-0.1, -0.05) is 6.92 Å². The van der Waals surface area contributed by atoms with Crippen LogP contribution in [0, 0.1) is 0 Å². The molecule has 0 radical (unpaired) electrons. The second-order valence-corrected chi connectivity index (χ2v) is 4.51. The Labute approximate surface area is 125 Å². The van der Waals surface area contributed by atoms with Crippen LogP contribution in [0.15, 0.2) is 23.4 Å². The van der Waals surface area contributed by atoms with Crippen molar-refractivity contribution in [2.24, 2.45) is 0 Å². The topological polar surface area (TPSA) is 118 Å². The van der Waals surface area contributed by atoms with E-state index in [2.05, 4.69) is 10.3 Å². The van der Waals surface area contributed by atoms with Gasteiger partial charge in [0.1, 0.15) is 18.8 Å². The third-order valence-electron chi connectivity index (χ3n) is 2.99. The van der Waals surface area contributed by atoms with Crippen molar-refractivity contribution >= 4 is 17.7 Å². The van der Waals surface area contributed by atoms with E-state index in [0.717, 1.165) is 10.6 Å². The van der Waals surface area contributed by atoms with E-state index in [1.165, 1.54) is 12.5 Å². The van der Waals surface area contributed by atoms with Crippen molar-refractivity contribution in [2.75, 3.05) is 6.67 Å². The number of rotatable bonds is 8. The number of halogens is 1. The molecule has 2 atom stereocenters. The Morgan fingerprint density at radius 3 is 2.64 bits per heavy atom. The molecular weight excluding hydrogens is 297 g/mol. The van der Waals surface area contributed by atoms with Crippen LogP contribution in [0.5, 0.6) is 0 Å². The number of alkyl halides is 1. The van der Waals surface area contributed by atoms with Crippen LogP contribution in [-0.4, -0.2) is 45.0 Å². The standard InChI is InChI=1S/C13H16FN3O5/c1-2-9(17-7-15-4-3-11(17)19)13(22)16-8(5-12(20)21)10(18)6-14/h3-4,7-9H,2,5-6H2,1H3,(H,16,22)(H,20,21)/t8?,9-/m1/s1. The number of aliphatic carboxylic acids is 1. The van der Waals surface area contributed by atoms with Crippen LogP contribution in [0.25, 0.3) is 0 Å². The summed E-state index contributed by atoms with van der Waals surface area (Å²) in [6.45, 7) is 0.245. The number of nitrogens with one attached hydrogen (secondary N) is 1. The van der Waals surface area contributed by atoms with E-state index in [4.69, 9.17) is 5.11 Å². The average Bonchev–Trinajstić information content (AvgIpc) is 2.48. The Balaban J connectivity index is 2.96. The van der Waals surface area contributed by atoms with Gasteiger partial charge in [0.05, 0.1) is 12.7 Å². The average molecular weight is 313 g/mol. The summed E-state index contributed by atoms with van der Waals surface area (Å²) in [5.74, 6) is -3.13. The van der Waals surface area contributed by atoms with Gasteiger partial charge < -0.3 is 10.4 Å². The molecular formula is C13H16FN3O5. The number of amides is 1. The number of hydrogen-bond acceptors (Lipinski definition) is 5. The number of Topliss-reactive ketones (excluding diaryl/α,β-unsaturated/α-hetero) is 1. The third kappa shape index (κ3) is 4.47. The Kier molecular flexibility index (Phi) is 6.36. The third-order valence-corrected chi connectivity index (χ3v) is 2.99. The molecule has 0 spiro atoms. The number of carbonyl (C=O) groups is 3. The van der Waals surface area contributed by atoms with Crippen molar-refractivity contribution in [3.63, 3.8) is 0 Å². The molecule has 1 amide bonds. The van der Waals surface area contributed by atoms with Gasteiger partial charge in [-0.2, -0.15) is 0 Å². The first-order valence-corrected chi connectivity index (χ1v) is 6.53. The molecule has 0 aliphatic carbocycles. The van der Waals surface area contributed by atoms with Gasteiger partial charge in [0.25, 0.3) is 5.56 Å². The maximum absolute atomic E-state index is 12.4. The first-order valence-electron chi connectivity index (χ1n) is 6.53. The van der Waals surface area contributed by atoms with Crippen LogP contribution in [0.3, 0.4) is 0 Å². The summed E-state index contributed by atoms with van der Waals surface area (Å²) in [6.07, 6.45) is 1.91. The maximum atomic E-state index is 12.4. The molecule has 2 N–H and O–H groups in total. The molecule has 1 aromatic rings. The number of ketones is 1. The Morgan fingerprint density at radius 2 is 2.14 bits per heavy atom. The molecule has 0 aromatic carbocycles. The predicted octanol–water partition coefficient (Wildman–Crippen LogP) is -0.307. The molecule has 0 bridgehead atoms. The van der Waals surface area contributed by atoms with E-state index in [1.807, 2.05) is 0 Å². The summed E-state index contributed by atoms with van der Waals surface area (Å²) in [4.78, 5) is 49.7. The zero-order valence-corrected chi connectivity index (χ0v) is 11.9. The van der Waals surface area contributed by atoms with Gasteiger partial charge in [-0.3, -0.25) is 23.7 Å². The van der Waals surface area contributed by atoms with Gasteiger partial charge in [-0.25, -0.2) is 9.37 Å². The van der Waals surface area contributed by atoms with E-state index in [0.29, 0.717) is 0 Å². The van der Waals surface area contributed by atoms with Crippen molar-refractivity contribution in [3.8, 4) is 0 Å². The molecule has 0 saturated carbocycles. The zero-order chi connectivity index (χ0) is 16.7. The van der Waals surface area contributed by atoms with Crippen LogP contribution in [0.2, 0.25) is 0 Å². The highest BCUT2D eigenvalue weighted by Gasteiger charge is 2.27. The van der Waals surface area contributed by atoms with E-state index >= 15 is 0 Å². The largest absolute Gasteiger partial charge is 0.481 e. The van der Waals surface area contributed by atoms with Crippen LogP contribution < -0.4 is 10.9 Å². The molecule has 22 heavy (non-hydrogen) atoms. The van der Waals surface area contributed by atoms with E-state index < -0.39 is 48.4 Å². The van der Waals surface area contributed by atoms with Gasteiger partial charge in [-0.15, -0.1) is 0 Å². The lowest BCUT2D eigenvalue weighted by Crippen LogP contribution is -2.47. The van der Waals surface area contributed by atoms with Crippen molar-refractivity contribution < 1.29 is 23.9 Å². The van der Waals surface area contributed by atoms with Crippen LogP contribution in [0.1, 0.15) is 25.8 Å². The Hall–Kier alpha value is -2.58. The first kappa shape index (κ1) is 17.5. The van der Waals surface area contributed by atoms with Gasteiger partial charge in [0, 0.05) is 12.3 Å². The molecule has 1 rings (SSSR count). The molecule has 1 unspecified atom stereocenters. The monoisotopic (exact) mass is 313 g/mol. The summed E-state index contributed by atoms with van der Waals surface area (Å²) >= 11 is 0. The number of hydrogen-bond donors (Lipinski definition) is 2.